The molecule has 6 heteroatoms. The first-order chi connectivity index (χ1) is 10.7. The fourth-order valence-corrected chi connectivity index (χ4v) is 3.10. The van der Waals surface area contributed by atoms with Gasteiger partial charge in [-0.15, -0.1) is 0 Å². The van der Waals surface area contributed by atoms with Crippen LogP contribution in [0.15, 0.2) is 11.3 Å². The molecule has 0 saturated carbocycles. The summed E-state index contributed by atoms with van der Waals surface area (Å²) >= 11 is 0. The summed E-state index contributed by atoms with van der Waals surface area (Å²) in [5.41, 5.74) is 1.28. The van der Waals surface area contributed by atoms with Crippen LogP contribution in [0.25, 0.3) is 0 Å². The summed E-state index contributed by atoms with van der Waals surface area (Å²) in [6.45, 7) is 6.73. The Kier molecular flexibility index (Phi) is 6.24. The molecule has 1 atom stereocenters. The number of hydrogen-bond acceptors (Lipinski definition) is 4. The minimum atomic E-state index is -0.327. The van der Waals surface area contributed by atoms with Crippen LogP contribution in [0.5, 0.6) is 0 Å². The Morgan fingerprint density at radius 2 is 1.91 bits per heavy atom. The predicted molar refractivity (Wildman–Crippen MR) is 84.3 cm³/mol. The van der Waals surface area contributed by atoms with Gasteiger partial charge in [0.2, 0.25) is 0 Å². The average Bonchev–Trinajstić information content (AvgIpc) is 2.75. The third-order valence-electron chi connectivity index (χ3n) is 4.23. The number of ether oxygens (including phenoxy) is 1. The standard InChI is InChI=1S/C16H27N3O3/c1-3-12-14(15(20)22-4-2)13(18-16(21)17-12)11-19-9-7-5-6-8-10-19/h12H,3-11H2,1-2H3,(H2,17,18,21). The molecule has 124 valence electrons. The Labute approximate surface area is 132 Å². The molecular formula is C16H27N3O3. The van der Waals surface area contributed by atoms with Gasteiger partial charge in [0.1, 0.15) is 0 Å². The van der Waals surface area contributed by atoms with Crippen molar-refractivity contribution in [1.82, 2.24) is 15.5 Å². The summed E-state index contributed by atoms with van der Waals surface area (Å²) in [4.78, 5) is 26.5. The number of carbonyl (C=O) groups is 2. The largest absolute Gasteiger partial charge is 0.463 e. The van der Waals surface area contributed by atoms with Crippen molar-refractivity contribution < 1.29 is 14.3 Å². The Hall–Kier alpha value is -1.56. The van der Waals surface area contributed by atoms with E-state index in [1.165, 1.54) is 25.7 Å². The summed E-state index contributed by atoms with van der Waals surface area (Å²) < 4.78 is 5.19. The maximum absolute atomic E-state index is 12.3. The van der Waals surface area contributed by atoms with Gasteiger partial charge >= 0.3 is 12.0 Å². The molecule has 0 radical (unpaired) electrons. The van der Waals surface area contributed by atoms with E-state index in [1.54, 1.807) is 6.92 Å². The molecule has 1 unspecified atom stereocenters. The smallest absolute Gasteiger partial charge is 0.337 e. The van der Waals surface area contributed by atoms with Crippen molar-refractivity contribution >= 4 is 12.0 Å². The second kappa shape index (κ2) is 8.17. The predicted octanol–water partition coefficient (Wildman–Crippen LogP) is 1.77. The fourth-order valence-electron chi connectivity index (χ4n) is 3.10. The molecule has 0 aliphatic carbocycles. The number of nitrogens with zero attached hydrogens (tertiary/aromatic N) is 1. The van der Waals surface area contributed by atoms with Gasteiger partial charge in [-0.2, -0.15) is 0 Å². The van der Waals surface area contributed by atoms with E-state index in [0.717, 1.165) is 13.1 Å². The summed E-state index contributed by atoms with van der Waals surface area (Å²) in [6, 6.07) is -0.500. The van der Waals surface area contributed by atoms with Gasteiger partial charge in [-0.25, -0.2) is 9.59 Å². The first kappa shape index (κ1) is 16.8. The molecule has 0 spiro atoms. The van der Waals surface area contributed by atoms with Crippen LogP contribution >= 0.6 is 0 Å². The average molecular weight is 309 g/mol. The van der Waals surface area contributed by atoms with Crippen LogP contribution in [0.4, 0.5) is 4.79 Å². The van der Waals surface area contributed by atoms with Gasteiger partial charge in [0.15, 0.2) is 0 Å². The number of amides is 2. The van der Waals surface area contributed by atoms with E-state index in [-0.39, 0.29) is 18.0 Å². The lowest BCUT2D eigenvalue weighted by Crippen LogP contribution is -2.52. The molecule has 1 saturated heterocycles. The van der Waals surface area contributed by atoms with E-state index in [9.17, 15) is 9.59 Å². The molecule has 2 aliphatic heterocycles. The van der Waals surface area contributed by atoms with E-state index < -0.39 is 0 Å². The highest BCUT2D eigenvalue weighted by Crippen LogP contribution is 2.19. The molecule has 2 heterocycles. The third-order valence-corrected chi connectivity index (χ3v) is 4.23. The molecular weight excluding hydrogens is 282 g/mol. The van der Waals surface area contributed by atoms with E-state index >= 15 is 0 Å². The summed E-state index contributed by atoms with van der Waals surface area (Å²) in [6.07, 6.45) is 5.53. The number of carbonyl (C=O) groups excluding carboxylic acids is 2. The first-order valence-corrected chi connectivity index (χ1v) is 8.35. The topological polar surface area (TPSA) is 70.7 Å². The van der Waals surface area contributed by atoms with Crippen molar-refractivity contribution in [1.29, 1.82) is 0 Å². The van der Waals surface area contributed by atoms with Crippen LogP contribution in [0, 0.1) is 0 Å². The zero-order valence-electron chi connectivity index (χ0n) is 13.6. The summed E-state index contributed by atoms with van der Waals surface area (Å²) in [5, 5.41) is 5.63. The number of urea groups is 1. The SMILES string of the molecule is CCOC(=O)C1=C(CN2CCCCCC2)NC(=O)NC1CC. The molecule has 0 aromatic carbocycles. The zero-order chi connectivity index (χ0) is 15.9. The third kappa shape index (κ3) is 4.22. The van der Waals surface area contributed by atoms with Gasteiger partial charge in [0.05, 0.1) is 18.2 Å². The maximum atomic E-state index is 12.3. The normalized spacial score (nSPS) is 23.5. The van der Waals surface area contributed by atoms with Crippen LogP contribution in [-0.4, -0.2) is 49.2 Å². The van der Waals surface area contributed by atoms with Crippen molar-refractivity contribution in [3.63, 3.8) is 0 Å². The second-order valence-corrected chi connectivity index (χ2v) is 5.86. The van der Waals surface area contributed by atoms with Crippen LogP contribution in [0.3, 0.4) is 0 Å². The van der Waals surface area contributed by atoms with Crippen molar-refractivity contribution in [3.05, 3.63) is 11.3 Å². The van der Waals surface area contributed by atoms with Crippen molar-refractivity contribution in [3.8, 4) is 0 Å². The molecule has 22 heavy (non-hydrogen) atoms. The summed E-state index contributed by atoms with van der Waals surface area (Å²) in [5.74, 6) is -0.327. The lowest BCUT2D eigenvalue weighted by molar-refractivity contribution is -0.139. The first-order valence-electron chi connectivity index (χ1n) is 8.35. The van der Waals surface area contributed by atoms with E-state index in [0.29, 0.717) is 30.8 Å². The van der Waals surface area contributed by atoms with E-state index in [2.05, 4.69) is 15.5 Å². The van der Waals surface area contributed by atoms with Gasteiger partial charge in [-0.3, -0.25) is 4.90 Å². The molecule has 2 amide bonds. The van der Waals surface area contributed by atoms with Gasteiger partial charge in [0.25, 0.3) is 0 Å². The van der Waals surface area contributed by atoms with Crippen LogP contribution in [-0.2, 0) is 9.53 Å². The van der Waals surface area contributed by atoms with Gasteiger partial charge < -0.3 is 15.4 Å². The van der Waals surface area contributed by atoms with Crippen molar-refractivity contribution in [2.75, 3.05) is 26.2 Å². The molecule has 2 rings (SSSR count). The molecule has 2 N–H and O–H groups in total. The number of rotatable bonds is 5. The highest BCUT2D eigenvalue weighted by atomic mass is 16.5. The van der Waals surface area contributed by atoms with Crippen molar-refractivity contribution in [2.24, 2.45) is 0 Å². The van der Waals surface area contributed by atoms with E-state index in [4.69, 9.17) is 4.74 Å². The van der Waals surface area contributed by atoms with Gasteiger partial charge in [-0.05, 0) is 39.3 Å². The highest BCUT2D eigenvalue weighted by Gasteiger charge is 2.32. The molecule has 1 fully saturated rings. The molecule has 6 nitrogen and oxygen atoms in total. The lowest BCUT2D eigenvalue weighted by Gasteiger charge is -2.31. The van der Waals surface area contributed by atoms with Crippen LogP contribution in [0.1, 0.15) is 46.0 Å². The quantitative estimate of drug-likeness (QED) is 0.759. The Balaban J connectivity index is 2.21. The molecule has 2 aliphatic rings. The number of nitrogens with one attached hydrogen (secondary N) is 2. The van der Waals surface area contributed by atoms with Crippen LogP contribution in [0.2, 0.25) is 0 Å². The Morgan fingerprint density at radius 1 is 1.23 bits per heavy atom. The minimum Gasteiger partial charge on any atom is -0.463 e. The molecule has 0 aromatic heterocycles. The molecule has 0 bridgehead atoms. The number of hydrogen-bond donors (Lipinski definition) is 2. The van der Waals surface area contributed by atoms with Crippen molar-refractivity contribution in [2.45, 2.75) is 52.0 Å². The highest BCUT2D eigenvalue weighted by molar-refractivity contribution is 5.94. The molecule has 0 aromatic rings. The Morgan fingerprint density at radius 3 is 2.50 bits per heavy atom. The van der Waals surface area contributed by atoms with Crippen LogP contribution < -0.4 is 10.6 Å². The summed E-state index contributed by atoms with van der Waals surface area (Å²) in [7, 11) is 0. The number of likely N-dealkylation sites (tertiary alicyclic amines) is 1. The van der Waals surface area contributed by atoms with E-state index in [1.807, 2.05) is 6.92 Å². The number of esters is 1. The fraction of sp³-hybridized carbons (Fsp3) is 0.750. The second-order valence-electron chi connectivity index (χ2n) is 5.86. The maximum Gasteiger partial charge on any atom is 0.337 e. The van der Waals surface area contributed by atoms with Gasteiger partial charge in [-0.1, -0.05) is 19.8 Å². The zero-order valence-corrected chi connectivity index (χ0v) is 13.6. The lowest BCUT2D eigenvalue weighted by atomic mass is 10.00. The Bertz CT molecular complexity index is 440. The van der Waals surface area contributed by atoms with Gasteiger partial charge in [0, 0.05) is 12.2 Å². The monoisotopic (exact) mass is 309 g/mol. The minimum absolute atomic E-state index is 0.232.